The molecule has 0 aliphatic rings. The minimum atomic E-state index is -0.599. The van der Waals surface area contributed by atoms with Gasteiger partial charge in [0.1, 0.15) is 5.02 Å². The van der Waals surface area contributed by atoms with Crippen LogP contribution in [0.4, 0.5) is 5.69 Å². The number of hydrogen-bond acceptors (Lipinski definition) is 4. The van der Waals surface area contributed by atoms with Crippen molar-refractivity contribution in [3.63, 3.8) is 0 Å². The van der Waals surface area contributed by atoms with E-state index in [9.17, 15) is 19.7 Å². The van der Waals surface area contributed by atoms with Gasteiger partial charge in [-0.3, -0.25) is 24.8 Å². The number of benzene rings is 1. The first kappa shape index (κ1) is 15.0. The first-order valence-electron chi connectivity index (χ1n) is 6.04. The van der Waals surface area contributed by atoms with Gasteiger partial charge in [-0.2, -0.15) is 0 Å². The molecule has 1 N–H and O–H groups in total. The lowest BCUT2D eigenvalue weighted by Crippen LogP contribution is -2.33. The van der Waals surface area contributed by atoms with E-state index in [0.29, 0.717) is 16.7 Å². The van der Waals surface area contributed by atoms with Crippen LogP contribution in [0, 0.1) is 24.0 Å². The van der Waals surface area contributed by atoms with Crippen LogP contribution in [0.1, 0.15) is 16.7 Å². The van der Waals surface area contributed by atoms with E-state index in [0.717, 1.165) is 4.68 Å². The Morgan fingerprint density at radius 1 is 1.29 bits per heavy atom. The molecule has 0 amide bonds. The highest BCUT2D eigenvalue weighted by atomic mass is 35.5. The van der Waals surface area contributed by atoms with Crippen molar-refractivity contribution in [2.45, 2.75) is 20.4 Å². The number of H-pyrrole nitrogens is 1. The second-order valence-corrected chi connectivity index (χ2v) is 5.03. The summed E-state index contributed by atoms with van der Waals surface area (Å²) in [6, 6.07) is 4.23. The predicted molar refractivity (Wildman–Crippen MR) is 78.0 cm³/mol. The molecule has 0 saturated carbocycles. The van der Waals surface area contributed by atoms with Crippen LogP contribution in [0.15, 0.2) is 27.8 Å². The Labute approximate surface area is 123 Å². The van der Waals surface area contributed by atoms with Crippen molar-refractivity contribution >= 4 is 17.3 Å². The van der Waals surface area contributed by atoms with Crippen LogP contribution in [0.2, 0.25) is 5.02 Å². The molecule has 1 aromatic heterocycles. The van der Waals surface area contributed by atoms with Crippen LogP contribution in [-0.4, -0.2) is 14.7 Å². The zero-order chi connectivity index (χ0) is 15.7. The van der Waals surface area contributed by atoms with Crippen LogP contribution < -0.4 is 11.1 Å². The standard InChI is InChI=1S/C13H12ClN3O4/c1-7-8(2)13(19)16(15-12(7)18)6-9-3-4-10(14)11(5-9)17(20)21/h3-5H,6H2,1-2H3,(H,15,18). The van der Waals surface area contributed by atoms with Crippen molar-refractivity contribution in [3.8, 4) is 0 Å². The summed E-state index contributed by atoms with van der Waals surface area (Å²) >= 11 is 5.73. The third-order valence-electron chi connectivity index (χ3n) is 3.25. The van der Waals surface area contributed by atoms with Crippen molar-refractivity contribution in [2.24, 2.45) is 0 Å². The zero-order valence-electron chi connectivity index (χ0n) is 11.3. The molecule has 2 aromatic rings. The summed E-state index contributed by atoms with van der Waals surface area (Å²) in [5, 5.41) is 13.3. The number of nitrogens with zero attached hydrogens (tertiary/aromatic N) is 2. The van der Waals surface area contributed by atoms with E-state index in [1.165, 1.54) is 12.1 Å². The lowest BCUT2D eigenvalue weighted by atomic mass is 10.2. The van der Waals surface area contributed by atoms with Crippen molar-refractivity contribution < 1.29 is 4.92 Å². The summed E-state index contributed by atoms with van der Waals surface area (Å²) in [6.07, 6.45) is 0. The van der Waals surface area contributed by atoms with Gasteiger partial charge in [-0.05, 0) is 25.5 Å². The van der Waals surface area contributed by atoms with E-state index in [-0.39, 0.29) is 28.4 Å². The van der Waals surface area contributed by atoms with E-state index < -0.39 is 4.92 Å². The third-order valence-corrected chi connectivity index (χ3v) is 3.57. The molecule has 0 aliphatic heterocycles. The largest absolute Gasteiger partial charge is 0.288 e. The van der Waals surface area contributed by atoms with Crippen LogP contribution in [0.25, 0.3) is 0 Å². The van der Waals surface area contributed by atoms with Gasteiger partial charge in [0.05, 0.1) is 11.5 Å². The molecule has 8 heteroatoms. The zero-order valence-corrected chi connectivity index (χ0v) is 12.1. The molecule has 21 heavy (non-hydrogen) atoms. The number of rotatable bonds is 3. The lowest BCUT2D eigenvalue weighted by Gasteiger charge is -2.08. The minimum absolute atomic E-state index is 0.0182. The number of halogens is 1. The maximum absolute atomic E-state index is 12.1. The Hall–Kier alpha value is -2.41. The maximum atomic E-state index is 12.1. The molecule has 1 aromatic carbocycles. The number of nitro benzene ring substituents is 1. The predicted octanol–water partition coefficient (Wildman–Crippen LogP) is 1.76. The Kier molecular flexibility index (Phi) is 3.95. The monoisotopic (exact) mass is 309 g/mol. The highest BCUT2D eigenvalue weighted by molar-refractivity contribution is 6.32. The molecule has 7 nitrogen and oxygen atoms in total. The molecule has 0 bridgehead atoms. The maximum Gasteiger partial charge on any atom is 0.288 e. The fourth-order valence-corrected chi connectivity index (χ4v) is 2.07. The summed E-state index contributed by atoms with van der Waals surface area (Å²) < 4.78 is 1.12. The van der Waals surface area contributed by atoms with Crippen molar-refractivity contribution in [3.05, 3.63) is 70.7 Å². The van der Waals surface area contributed by atoms with Crippen LogP contribution in [0.3, 0.4) is 0 Å². The number of aromatic amines is 1. The number of aromatic nitrogens is 2. The van der Waals surface area contributed by atoms with Crippen LogP contribution in [-0.2, 0) is 6.54 Å². The minimum Gasteiger partial charge on any atom is -0.268 e. The Morgan fingerprint density at radius 3 is 2.57 bits per heavy atom. The quantitative estimate of drug-likeness (QED) is 0.690. The van der Waals surface area contributed by atoms with Crippen molar-refractivity contribution in [1.82, 2.24) is 9.78 Å². The van der Waals surface area contributed by atoms with Gasteiger partial charge < -0.3 is 0 Å². The van der Waals surface area contributed by atoms with Crippen LogP contribution >= 0.6 is 11.6 Å². The van der Waals surface area contributed by atoms with E-state index in [1.54, 1.807) is 19.9 Å². The van der Waals surface area contributed by atoms with Gasteiger partial charge >= 0.3 is 0 Å². The van der Waals surface area contributed by atoms with Gasteiger partial charge in [-0.25, -0.2) is 4.68 Å². The van der Waals surface area contributed by atoms with Gasteiger partial charge in [-0.1, -0.05) is 17.7 Å². The smallest absolute Gasteiger partial charge is 0.268 e. The molecule has 0 atom stereocenters. The van der Waals surface area contributed by atoms with E-state index >= 15 is 0 Å². The molecule has 0 fully saturated rings. The normalized spacial score (nSPS) is 10.6. The highest BCUT2D eigenvalue weighted by Gasteiger charge is 2.14. The second-order valence-electron chi connectivity index (χ2n) is 4.63. The average Bonchev–Trinajstić information content (AvgIpc) is 2.44. The third kappa shape index (κ3) is 2.87. The van der Waals surface area contributed by atoms with E-state index in [4.69, 9.17) is 11.6 Å². The van der Waals surface area contributed by atoms with Crippen molar-refractivity contribution in [2.75, 3.05) is 0 Å². The summed E-state index contributed by atoms with van der Waals surface area (Å²) in [5.41, 5.74) is 0.251. The van der Waals surface area contributed by atoms with Gasteiger partial charge in [0.2, 0.25) is 0 Å². The lowest BCUT2D eigenvalue weighted by molar-refractivity contribution is -0.384. The van der Waals surface area contributed by atoms with Crippen molar-refractivity contribution in [1.29, 1.82) is 0 Å². The Bertz CT molecular complexity index is 838. The number of hydrogen-bond donors (Lipinski definition) is 1. The Morgan fingerprint density at radius 2 is 1.95 bits per heavy atom. The number of nitrogens with one attached hydrogen (secondary N) is 1. The fourth-order valence-electron chi connectivity index (χ4n) is 1.88. The summed E-state index contributed by atoms with van der Waals surface area (Å²) in [6.45, 7) is 3.15. The molecular formula is C13H12ClN3O4. The fraction of sp³-hybridized carbons (Fsp3) is 0.231. The molecule has 110 valence electrons. The van der Waals surface area contributed by atoms with Gasteiger partial charge in [0.25, 0.3) is 16.8 Å². The Balaban J connectivity index is 2.49. The molecule has 2 rings (SSSR count). The topological polar surface area (TPSA) is 98.0 Å². The average molecular weight is 310 g/mol. The summed E-state index contributed by atoms with van der Waals surface area (Å²) in [7, 11) is 0. The first-order valence-corrected chi connectivity index (χ1v) is 6.42. The van der Waals surface area contributed by atoms with Gasteiger partial charge in [0.15, 0.2) is 0 Å². The van der Waals surface area contributed by atoms with Crippen LogP contribution in [0.5, 0.6) is 0 Å². The molecule has 0 radical (unpaired) electrons. The molecular weight excluding hydrogens is 298 g/mol. The highest BCUT2D eigenvalue weighted by Crippen LogP contribution is 2.25. The molecule has 1 heterocycles. The molecule has 0 saturated heterocycles. The van der Waals surface area contributed by atoms with E-state index in [1.807, 2.05) is 0 Å². The molecule has 0 aliphatic carbocycles. The molecule has 0 spiro atoms. The summed E-state index contributed by atoms with van der Waals surface area (Å²) in [5.74, 6) is 0. The first-order chi connectivity index (χ1) is 9.81. The van der Waals surface area contributed by atoms with E-state index in [2.05, 4.69) is 5.10 Å². The number of nitro groups is 1. The summed E-state index contributed by atoms with van der Waals surface area (Å²) in [4.78, 5) is 34.0. The SMILES string of the molecule is Cc1c(C)c(=O)n(Cc2ccc(Cl)c([N+](=O)[O-])c2)[nH]c1=O. The molecule has 0 unspecified atom stereocenters. The van der Waals surface area contributed by atoms with Gasteiger partial charge in [0, 0.05) is 17.2 Å². The van der Waals surface area contributed by atoms with Gasteiger partial charge in [-0.15, -0.1) is 0 Å². The second kappa shape index (κ2) is 5.53.